The number of piperidine rings is 1. The van der Waals surface area contributed by atoms with E-state index in [0.29, 0.717) is 24.3 Å². The number of nitrogens with zero attached hydrogens (tertiary/aromatic N) is 1. The summed E-state index contributed by atoms with van der Waals surface area (Å²) in [5, 5.41) is 0.825. The van der Waals surface area contributed by atoms with Gasteiger partial charge in [-0.15, -0.1) is 0 Å². The van der Waals surface area contributed by atoms with Crippen LogP contribution in [0.3, 0.4) is 0 Å². The van der Waals surface area contributed by atoms with Gasteiger partial charge in [-0.3, -0.25) is 4.79 Å². The molecule has 0 bridgehead atoms. The van der Waals surface area contributed by atoms with E-state index in [9.17, 15) is 4.79 Å². The Morgan fingerprint density at radius 1 is 1.33 bits per heavy atom. The average molecular weight is 264 g/mol. The number of amides is 1. The smallest absolute Gasteiger partial charge is 0.222 e. The molecule has 18 heavy (non-hydrogen) atoms. The first-order chi connectivity index (χ1) is 8.70. The molecular weight excluding hydrogens is 246 g/mol. The van der Waals surface area contributed by atoms with Crippen LogP contribution in [0.25, 0.3) is 0 Å². The van der Waals surface area contributed by atoms with E-state index < -0.39 is 0 Å². The summed E-state index contributed by atoms with van der Waals surface area (Å²) < 4.78 is 0. The molecule has 96 valence electrons. The van der Waals surface area contributed by atoms with Crippen molar-refractivity contribution in [3.05, 3.63) is 34.3 Å². The Bertz CT molecular complexity index is 485. The van der Waals surface area contributed by atoms with Crippen LogP contribution in [0.15, 0.2) is 18.2 Å². The predicted octanol–water partition coefficient (Wildman–Crippen LogP) is 3.38. The van der Waals surface area contributed by atoms with Gasteiger partial charge in [0.25, 0.3) is 0 Å². The number of likely N-dealkylation sites (N-methyl/N-ethyl adjacent to an activating group) is 1. The maximum Gasteiger partial charge on any atom is 0.222 e. The zero-order valence-electron chi connectivity index (χ0n) is 10.7. The number of fused-ring (bicyclic) bond motifs is 3. The molecule has 1 heterocycles. The van der Waals surface area contributed by atoms with E-state index in [0.717, 1.165) is 30.8 Å². The molecule has 0 spiro atoms. The van der Waals surface area contributed by atoms with Gasteiger partial charge in [-0.2, -0.15) is 0 Å². The molecule has 3 rings (SSSR count). The van der Waals surface area contributed by atoms with Gasteiger partial charge >= 0.3 is 0 Å². The van der Waals surface area contributed by atoms with Gasteiger partial charge in [-0.1, -0.05) is 17.7 Å². The Morgan fingerprint density at radius 2 is 2.17 bits per heavy atom. The fraction of sp³-hybridized carbons (Fsp3) is 0.533. The van der Waals surface area contributed by atoms with E-state index in [2.05, 4.69) is 24.0 Å². The molecule has 3 heteroatoms. The number of rotatable bonds is 1. The zero-order chi connectivity index (χ0) is 12.7. The molecule has 2 nitrogen and oxygen atoms in total. The van der Waals surface area contributed by atoms with Crippen molar-refractivity contribution in [2.45, 2.75) is 44.6 Å². The lowest BCUT2D eigenvalue weighted by atomic mass is 9.74. The zero-order valence-corrected chi connectivity index (χ0v) is 11.4. The first-order valence-electron chi connectivity index (χ1n) is 6.78. The van der Waals surface area contributed by atoms with Crippen molar-refractivity contribution in [1.29, 1.82) is 0 Å². The van der Waals surface area contributed by atoms with Crippen LogP contribution in [0.1, 0.15) is 43.2 Å². The molecule has 2 atom stereocenters. The van der Waals surface area contributed by atoms with E-state index in [1.807, 2.05) is 6.07 Å². The molecule has 1 fully saturated rings. The topological polar surface area (TPSA) is 20.3 Å². The van der Waals surface area contributed by atoms with Crippen molar-refractivity contribution in [2.24, 2.45) is 0 Å². The van der Waals surface area contributed by atoms with Gasteiger partial charge in [0, 0.05) is 29.9 Å². The molecule has 0 N–H and O–H groups in total. The summed E-state index contributed by atoms with van der Waals surface area (Å²) in [4.78, 5) is 14.0. The fourth-order valence-electron chi connectivity index (χ4n) is 3.60. The fourth-order valence-corrected chi connectivity index (χ4v) is 3.80. The lowest BCUT2D eigenvalue weighted by Crippen LogP contribution is -2.49. The molecule has 1 aromatic carbocycles. The number of carbonyl (C=O) groups excluding carboxylic acids is 1. The van der Waals surface area contributed by atoms with E-state index in [1.54, 1.807) is 0 Å². The minimum atomic E-state index is 0.330. The first-order valence-corrected chi connectivity index (χ1v) is 7.16. The van der Waals surface area contributed by atoms with Gasteiger partial charge < -0.3 is 4.90 Å². The third-order valence-electron chi connectivity index (χ3n) is 4.41. The summed E-state index contributed by atoms with van der Waals surface area (Å²) in [6.07, 6.45) is 3.81. The van der Waals surface area contributed by atoms with Crippen LogP contribution >= 0.6 is 11.6 Å². The van der Waals surface area contributed by atoms with Crippen molar-refractivity contribution >= 4 is 17.5 Å². The number of halogens is 1. The molecular formula is C15H18ClNO. The highest BCUT2D eigenvalue weighted by Gasteiger charge is 2.38. The van der Waals surface area contributed by atoms with Crippen molar-refractivity contribution < 1.29 is 4.79 Å². The Labute approximate surface area is 113 Å². The second kappa shape index (κ2) is 4.58. The highest BCUT2D eigenvalue weighted by atomic mass is 35.5. The van der Waals surface area contributed by atoms with Crippen molar-refractivity contribution in [3.63, 3.8) is 0 Å². The van der Waals surface area contributed by atoms with Crippen LogP contribution in [0, 0.1) is 0 Å². The second-order valence-corrected chi connectivity index (χ2v) is 5.71. The summed E-state index contributed by atoms with van der Waals surface area (Å²) in [6, 6.07) is 6.65. The average Bonchev–Trinajstić information content (AvgIpc) is 2.37. The lowest BCUT2D eigenvalue weighted by Gasteiger charge is -2.44. The predicted molar refractivity (Wildman–Crippen MR) is 72.9 cm³/mol. The second-order valence-electron chi connectivity index (χ2n) is 5.27. The number of benzene rings is 1. The summed E-state index contributed by atoms with van der Waals surface area (Å²) >= 11 is 6.07. The van der Waals surface area contributed by atoms with Gasteiger partial charge in [-0.05, 0) is 49.4 Å². The molecule has 0 aromatic heterocycles. The molecule has 2 aliphatic rings. The van der Waals surface area contributed by atoms with Gasteiger partial charge in [0.15, 0.2) is 0 Å². The quantitative estimate of drug-likeness (QED) is 0.761. The monoisotopic (exact) mass is 263 g/mol. The van der Waals surface area contributed by atoms with Crippen LogP contribution in [0.5, 0.6) is 0 Å². The van der Waals surface area contributed by atoms with Gasteiger partial charge in [0.05, 0.1) is 0 Å². The SMILES string of the molecule is CCN1C(=O)CC[C@@H]2c3ccc(Cl)cc3CCC21. The minimum Gasteiger partial charge on any atom is -0.339 e. The standard InChI is InChI=1S/C15H18ClNO/c1-2-17-14-7-3-10-9-11(16)4-5-12(10)13(14)6-8-15(17)18/h4-5,9,13-14H,2-3,6-8H2,1H3/t13-,14?/m1/s1. The van der Waals surface area contributed by atoms with Crippen molar-refractivity contribution in [2.75, 3.05) is 6.54 Å². The number of likely N-dealkylation sites (tertiary alicyclic amines) is 1. The van der Waals surface area contributed by atoms with Crippen molar-refractivity contribution in [1.82, 2.24) is 4.90 Å². The molecule has 0 saturated carbocycles. The Morgan fingerprint density at radius 3 is 2.94 bits per heavy atom. The largest absolute Gasteiger partial charge is 0.339 e. The van der Waals surface area contributed by atoms with Crippen molar-refractivity contribution in [3.8, 4) is 0 Å². The summed E-state index contributed by atoms with van der Waals surface area (Å²) in [7, 11) is 0. The third kappa shape index (κ3) is 1.83. The van der Waals surface area contributed by atoms with Crippen LogP contribution in [-0.2, 0) is 11.2 Å². The van der Waals surface area contributed by atoms with Crippen LogP contribution in [0.4, 0.5) is 0 Å². The normalized spacial score (nSPS) is 26.8. The Hall–Kier alpha value is -1.02. The number of hydrogen-bond donors (Lipinski definition) is 0. The molecule has 1 aliphatic heterocycles. The molecule has 1 saturated heterocycles. The Balaban J connectivity index is 1.97. The summed E-state index contributed by atoms with van der Waals surface area (Å²) in [5.41, 5.74) is 2.80. The summed E-state index contributed by atoms with van der Waals surface area (Å²) in [6.45, 7) is 2.92. The van der Waals surface area contributed by atoms with Crippen LogP contribution in [-0.4, -0.2) is 23.4 Å². The van der Waals surface area contributed by atoms with Gasteiger partial charge in [0.2, 0.25) is 5.91 Å². The maximum absolute atomic E-state index is 12.0. The lowest BCUT2D eigenvalue weighted by molar-refractivity contribution is -0.137. The molecule has 1 aromatic rings. The van der Waals surface area contributed by atoms with E-state index in [-0.39, 0.29) is 0 Å². The van der Waals surface area contributed by atoms with Crippen LogP contribution in [0.2, 0.25) is 5.02 Å². The van der Waals surface area contributed by atoms with Gasteiger partial charge in [-0.25, -0.2) is 0 Å². The highest BCUT2D eigenvalue weighted by Crippen LogP contribution is 2.41. The van der Waals surface area contributed by atoms with Crippen LogP contribution < -0.4 is 0 Å². The number of aryl methyl sites for hydroxylation is 1. The molecule has 0 radical (unpaired) electrons. The highest BCUT2D eigenvalue weighted by molar-refractivity contribution is 6.30. The minimum absolute atomic E-state index is 0.330. The van der Waals surface area contributed by atoms with E-state index in [4.69, 9.17) is 11.6 Å². The van der Waals surface area contributed by atoms with Gasteiger partial charge in [0.1, 0.15) is 0 Å². The first kappa shape index (κ1) is 12.0. The molecule has 1 amide bonds. The Kier molecular flexibility index (Phi) is 3.06. The number of hydrogen-bond acceptors (Lipinski definition) is 1. The van der Waals surface area contributed by atoms with E-state index >= 15 is 0 Å². The molecule has 1 aliphatic carbocycles. The number of carbonyl (C=O) groups is 1. The van der Waals surface area contributed by atoms with E-state index in [1.165, 1.54) is 11.1 Å². The maximum atomic E-state index is 12.0. The summed E-state index contributed by atoms with van der Waals surface area (Å²) in [5.74, 6) is 0.847. The molecule has 1 unspecified atom stereocenters. The third-order valence-corrected chi connectivity index (χ3v) is 4.64.